The van der Waals surface area contributed by atoms with Crippen molar-refractivity contribution in [3.05, 3.63) is 46.8 Å². The molecule has 31 heavy (non-hydrogen) atoms. The Morgan fingerprint density at radius 2 is 1.97 bits per heavy atom. The third kappa shape index (κ3) is 7.25. The summed E-state index contributed by atoms with van der Waals surface area (Å²) in [5, 5.41) is 15.0. The lowest BCUT2D eigenvalue weighted by Gasteiger charge is -2.16. The van der Waals surface area contributed by atoms with Gasteiger partial charge in [-0.3, -0.25) is 9.59 Å². The second kappa shape index (κ2) is 10.3. The van der Waals surface area contributed by atoms with E-state index in [1.165, 1.54) is 26.1 Å². The molecule has 0 radical (unpaired) electrons. The summed E-state index contributed by atoms with van der Waals surface area (Å²) < 4.78 is 29.7. The molecule has 8 nitrogen and oxygen atoms in total. The van der Waals surface area contributed by atoms with Crippen LogP contribution >= 0.6 is 0 Å². The van der Waals surface area contributed by atoms with Gasteiger partial charge in [0.15, 0.2) is 6.61 Å². The number of carbonyl (C=O) groups is 2. The van der Waals surface area contributed by atoms with E-state index in [-0.39, 0.29) is 23.8 Å². The van der Waals surface area contributed by atoms with E-state index in [4.69, 9.17) is 4.74 Å². The number of halogens is 2. The summed E-state index contributed by atoms with van der Waals surface area (Å²) in [7, 11) is 0. The van der Waals surface area contributed by atoms with Gasteiger partial charge in [0.25, 0.3) is 18.2 Å². The van der Waals surface area contributed by atoms with E-state index in [1.54, 1.807) is 19.1 Å². The van der Waals surface area contributed by atoms with Gasteiger partial charge in [-0.1, -0.05) is 6.92 Å². The van der Waals surface area contributed by atoms with Crippen LogP contribution < -0.4 is 15.4 Å². The molecule has 0 atom stereocenters. The third-order valence-corrected chi connectivity index (χ3v) is 4.17. The highest BCUT2D eigenvalue weighted by Crippen LogP contribution is 2.18. The largest absolute Gasteiger partial charge is 0.471 e. The first-order valence-corrected chi connectivity index (χ1v) is 9.69. The van der Waals surface area contributed by atoms with Crippen LogP contribution in [-0.4, -0.2) is 45.5 Å². The van der Waals surface area contributed by atoms with Crippen LogP contribution in [0.15, 0.2) is 24.4 Å². The minimum absolute atomic E-state index is 0.146. The second-order valence-corrected chi connectivity index (χ2v) is 7.44. The van der Waals surface area contributed by atoms with Crippen LogP contribution in [-0.2, 0) is 17.8 Å². The maximum absolute atomic E-state index is 12.6. The number of anilines is 1. The molecule has 2 aromatic rings. The number of hydrogen-bond donors (Lipinski definition) is 3. The van der Waals surface area contributed by atoms with Gasteiger partial charge in [-0.25, -0.2) is 18.7 Å². The molecule has 0 saturated carbocycles. The molecule has 0 fully saturated rings. The highest BCUT2D eigenvalue weighted by Gasteiger charge is 2.24. The smallest absolute Gasteiger partial charge is 0.272 e. The second-order valence-electron chi connectivity index (χ2n) is 7.44. The first-order chi connectivity index (χ1) is 14.5. The molecule has 2 amide bonds. The van der Waals surface area contributed by atoms with Gasteiger partial charge < -0.3 is 20.5 Å². The van der Waals surface area contributed by atoms with Gasteiger partial charge in [0.2, 0.25) is 5.88 Å². The summed E-state index contributed by atoms with van der Waals surface area (Å²) in [6, 6.07) is 4.70. The molecular formula is C21H26F2N4O4. The van der Waals surface area contributed by atoms with Crippen LogP contribution in [0, 0.1) is 6.92 Å². The molecule has 0 aromatic carbocycles. The van der Waals surface area contributed by atoms with Crippen molar-refractivity contribution in [2.24, 2.45) is 0 Å². The third-order valence-electron chi connectivity index (χ3n) is 4.17. The first kappa shape index (κ1) is 24.1. The van der Waals surface area contributed by atoms with Gasteiger partial charge in [0.05, 0.1) is 0 Å². The summed E-state index contributed by atoms with van der Waals surface area (Å²) in [4.78, 5) is 32.7. The van der Waals surface area contributed by atoms with Gasteiger partial charge >= 0.3 is 0 Å². The van der Waals surface area contributed by atoms with E-state index >= 15 is 0 Å². The number of rotatable bonds is 9. The van der Waals surface area contributed by atoms with Crippen LogP contribution in [0.4, 0.5) is 14.6 Å². The first-order valence-electron chi connectivity index (χ1n) is 9.69. The summed E-state index contributed by atoms with van der Waals surface area (Å²) in [6.45, 7) is 5.62. The summed E-state index contributed by atoms with van der Waals surface area (Å²) in [6.07, 6.45) is -0.610. The lowest BCUT2D eigenvalue weighted by Crippen LogP contribution is -2.37. The Labute approximate surface area is 179 Å². The lowest BCUT2D eigenvalue weighted by atomic mass is 10.1. The topological polar surface area (TPSA) is 113 Å². The molecule has 0 unspecified atom stereocenters. The molecule has 168 valence electrons. The number of alkyl halides is 2. The number of ether oxygens (including phenoxy) is 1. The summed E-state index contributed by atoms with van der Waals surface area (Å²) in [5.41, 5.74) is 0.524. The van der Waals surface area contributed by atoms with Gasteiger partial charge in [-0.2, -0.15) is 0 Å². The van der Waals surface area contributed by atoms with Crippen molar-refractivity contribution < 1.29 is 28.2 Å². The number of hydrogen-bond acceptors (Lipinski definition) is 6. The molecule has 2 rings (SSSR count). The van der Waals surface area contributed by atoms with Gasteiger partial charge in [0, 0.05) is 29.6 Å². The Hall–Kier alpha value is -3.14. The number of nitrogens with zero attached hydrogens (tertiary/aromatic N) is 2. The Bertz CT molecular complexity index is 945. The fraction of sp³-hybridized carbons (Fsp3) is 0.429. The van der Waals surface area contributed by atoms with Gasteiger partial charge in [-0.15, -0.1) is 0 Å². The van der Waals surface area contributed by atoms with Crippen LogP contribution in [0.2, 0.25) is 0 Å². The molecule has 0 aliphatic carbocycles. The fourth-order valence-corrected chi connectivity index (χ4v) is 2.59. The van der Waals surface area contributed by atoms with E-state index in [0.717, 1.165) is 0 Å². The molecule has 0 bridgehead atoms. The molecule has 0 spiro atoms. The number of pyridine rings is 2. The van der Waals surface area contributed by atoms with Crippen LogP contribution in [0.3, 0.4) is 0 Å². The number of aliphatic hydroxyl groups is 1. The van der Waals surface area contributed by atoms with E-state index in [9.17, 15) is 23.5 Å². The van der Waals surface area contributed by atoms with Crippen molar-refractivity contribution in [1.82, 2.24) is 15.3 Å². The highest BCUT2D eigenvalue weighted by atomic mass is 19.3. The Kier molecular flexibility index (Phi) is 7.98. The minimum Gasteiger partial charge on any atom is -0.471 e. The van der Waals surface area contributed by atoms with Crippen molar-refractivity contribution in [3.8, 4) is 5.88 Å². The molecule has 10 heteroatoms. The Morgan fingerprint density at radius 1 is 1.26 bits per heavy atom. The van der Waals surface area contributed by atoms with E-state index < -0.39 is 30.4 Å². The zero-order chi connectivity index (χ0) is 23.2. The van der Waals surface area contributed by atoms with Gasteiger partial charge in [0.1, 0.15) is 11.4 Å². The molecule has 0 aliphatic heterocycles. The molecular weight excluding hydrogens is 410 g/mol. The summed E-state index contributed by atoms with van der Waals surface area (Å²) >= 11 is 0. The Morgan fingerprint density at radius 3 is 2.58 bits per heavy atom. The van der Waals surface area contributed by atoms with E-state index in [1.807, 2.05) is 6.92 Å². The van der Waals surface area contributed by atoms with Crippen molar-refractivity contribution in [2.75, 3.05) is 11.9 Å². The molecule has 2 heterocycles. The number of aryl methyl sites for hydroxylation is 2. The highest BCUT2D eigenvalue weighted by molar-refractivity contribution is 5.98. The minimum atomic E-state index is -2.59. The number of aromatic nitrogens is 2. The molecule has 0 aliphatic rings. The maximum Gasteiger partial charge on any atom is 0.272 e. The van der Waals surface area contributed by atoms with Crippen LogP contribution in [0.5, 0.6) is 5.88 Å². The van der Waals surface area contributed by atoms with Crippen molar-refractivity contribution in [3.63, 3.8) is 0 Å². The monoisotopic (exact) mass is 436 g/mol. The van der Waals surface area contributed by atoms with E-state index in [2.05, 4.69) is 20.6 Å². The SMILES string of the molecule is CCc1cc(CNC(=O)c2cc(C)nc(NC(=O)C(C)(C)O)c2)cnc1OCC(F)F. The normalized spacial score (nSPS) is 11.4. The van der Waals surface area contributed by atoms with Gasteiger partial charge in [-0.05, 0) is 51.0 Å². The lowest BCUT2D eigenvalue weighted by molar-refractivity contribution is -0.130. The number of nitrogens with one attached hydrogen (secondary N) is 2. The Balaban J connectivity index is 2.08. The maximum atomic E-state index is 12.6. The molecule has 3 N–H and O–H groups in total. The zero-order valence-electron chi connectivity index (χ0n) is 17.8. The fourth-order valence-electron chi connectivity index (χ4n) is 2.59. The van der Waals surface area contributed by atoms with E-state index in [0.29, 0.717) is 23.2 Å². The predicted molar refractivity (Wildman–Crippen MR) is 110 cm³/mol. The average Bonchev–Trinajstić information content (AvgIpc) is 2.69. The average molecular weight is 436 g/mol. The number of amides is 2. The molecule has 0 saturated heterocycles. The predicted octanol–water partition coefficient (Wildman–Crippen LogP) is 2.63. The van der Waals surface area contributed by atoms with Crippen molar-refractivity contribution >= 4 is 17.6 Å². The standard InChI is InChI=1S/C21H26F2N4O4/c1-5-14-7-13(10-25-19(14)31-11-16(22)23)9-24-18(28)15-6-12(2)26-17(8-15)27-20(29)21(3,4)30/h6-8,10,16,30H,5,9,11H2,1-4H3,(H,24,28)(H,26,27,29). The quantitative estimate of drug-likeness (QED) is 0.557. The summed E-state index contributed by atoms with van der Waals surface area (Å²) in [5.74, 6) is -0.757. The van der Waals surface area contributed by atoms with Crippen molar-refractivity contribution in [2.45, 2.75) is 52.7 Å². The van der Waals surface area contributed by atoms with Crippen LogP contribution in [0.1, 0.15) is 48.0 Å². The molecule has 2 aromatic heterocycles. The van der Waals surface area contributed by atoms with Crippen LogP contribution in [0.25, 0.3) is 0 Å². The zero-order valence-corrected chi connectivity index (χ0v) is 17.8. The van der Waals surface area contributed by atoms with Crippen molar-refractivity contribution in [1.29, 1.82) is 0 Å². The number of carbonyl (C=O) groups excluding carboxylic acids is 2.